The van der Waals surface area contributed by atoms with Gasteiger partial charge in [0.25, 0.3) is 5.79 Å². The number of aryl methyl sites for hydroxylation is 1. The van der Waals surface area contributed by atoms with Crippen LogP contribution in [0, 0.1) is 0 Å². The van der Waals surface area contributed by atoms with Crippen molar-refractivity contribution >= 4 is 5.97 Å². The second-order valence-electron chi connectivity index (χ2n) is 7.77. The number of hydrogen-bond donors (Lipinski definition) is 1. The monoisotopic (exact) mass is 420 g/mol. The molecule has 0 radical (unpaired) electrons. The van der Waals surface area contributed by atoms with E-state index in [-0.39, 0.29) is 12.2 Å². The molecule has 1 aromatic carbocycles. The van der Waals surface area contributed by atoms with Crippen molar-refractivity contribution in [2.45, 2.75) is 77.9 Å². The summed E-state index contributed by atoms with van der Waals surface area (Å²) in [4.78, 5) is 12.0. The molecule has 0 aliphatic carbocycles. The predicted molar refractivity (Wildman–Crippen MR) is 120 cm³/mol. The zero-order valence-corrected chi connectivity index (χ0v) is 19.1. The topological polar surface area (TPSA) is 65.0 Å². The molecule has 0 heterocycles. The van der Waals surface area contributed by atoms with Crippen LogP contribution in [0.3, 0.4) is 0 Å². The number of unbranched alkanes of at least 4 members (excludes halogenated alkanes) is 6. The van der Waals surface area contributed by atoms with Gasteiger partial charge in [0.05, 0.1) is 13.2 Å². The molecule has 1 aromatic rings. The minimum atomic E-state index is -1.86. The fraction of sp³-hybridized carbons (Fsp3) is 0.640. The highest BCUT2D eigenvalue weighted by Crippen LogP contribution is 2.25. The van der Waals surface area contributed by atoms with Gasteiger partial charge in [-0.1, -0.05) is 76.3 Å². The van der Waals surface area contributed by atoms with Crippen molar-refractivity contribution in [1.29, 1.82) is 0 Å². The third-order valence-corrected chi connectivity index (χ3v) is 4.96. The van der Waals surface area contributed by atoms with E-state index < -0.39 is 11.8 Å². The molecule has 0 saturated heterocycles. The maximum Gasteiger partial charge on any atom is 0.335 e. The molecule has 30 heavy (non-hydrogen) atoms. The van der Waals surface area contributed by atoms with Crippen LogP contribution in [0.1, 0.15) is 76.8 Å². The van der Waals surface area contributed by atoms with Crippen LogP contribution < -0.4 is 0 Å². The van der Waals surface area contributed by atoms with Gasteiger partial charge in [0.15, 0.2) is 0 Å². The van der Waals surface area contributed by atoms with E-state index in [0.29, 0.717) is 25.4 Å². The molecular formula is C25H40O5. The van der Waals surface area contributed by atoms with Gasteiger partial charge in [-0.3, -0.25) is 0 Å². The molecule has 0 spiro atoms. The molecule has 0 aromatic heterocycles. The summed E-state index contributed by atoms with van der Waals surface area (Å²) >= 11 is 0. The lowest BCUT2D eigenvalue weighted by Gasteiger charge is -2.28. The standard InChI is InChI=1S/C25H40O5/c1-5-7-8-9-10-11-12-13-22-14-16-23(17-15-22)25(27,30-24(26)21(3)4)20-29-19-18-28-6-2/h14-17,27H,3,5-13,18-20H2,1-2,4H3. The Kier molecular flexibility index (Phi) is 13.3. The van der Waals surface area contributed by atoms with Crippen LogP contribution in [-0.2, 0) is 31.2 Å². The van der Waals surface area contributed by atoms with E-state index in [1.165, 1.54) is 44.1 Å². The van der Waals surface area contributed by atoms with Crippen molar-refractivity contribution in [3.05, 3.63) is 47.5 Å². The Hall–Kier alpha value is -1.69. The largest absolute Gasteiger partial charge is 0.423 e. The molecule has 5 nitrogen and oxygen atoms in total. The normalized spacial score (nSPS) is 13.1. The van der Waals surface area contributed by atoms with Crippen LogP contribution in [0.2, 0.25) is 0 Å². The zero-order valence-electron chi connectivity index (χ0n) is 19.1. The summed E-state index contributed by atoms with van der Waals surface area (Å²) in [6, 6.07) is 7.56. The molecule has 0 bridgehead atoms. The fourth-order valence-electron chi connectivity index (χ4n) is 3.10. The number of carbonyl (C=O) groups is 1. The van der Waals surface area contributed by atoms with Gasteiger partial charge in [-0.15, -0.1) is 0 Å². The Morgan fingerprint density at radius 2 is 1.57 bits per heavy atom. The third kappa shape index (κ3) is 10.4. The average molecular weight is 421 g/mol. The van der Waals surface area contributed by atoms with Gasteiger partial charge in [0.2, 0.25) is 0 Å². The van der Waals surface area contributed by atoms with Gasteiger partial charge >= 0.3 is 5.97 Å². The molecule has 0 aliphatic rings. The minimum absolute atomic E-state index is 0.170. The van der Waals surface area contributed by atoms with Gasteiger partial charge in [-0.05, 0) is 32.3 Å². The summed E-state index contributed by atoms with van der Waals surface area (Å²) in [6.45, 7) is 10.4. The Morgan fingerprint density at radius 3 is 2.17 bits per heavy atom. The SMILES string of the molecule is C=C(C)C(=O)OC(O)(COCCOCC)c1ccc(CCCCCCCCC)cc1. The number of ether oxygens (including phenoxy) is 3. The lowest BCUT2D eigenvalue weighted by Crippen LogP contribution is -2.37. The second kappa shape index (κ2) is 15.2. The molecule has 1 atom stereocenters. The van der Waals surface area contributed by atoms with Crippen LogP contribution in [0.25, 0.3) is 0 Å². The molecular weight excluding hydrogens is 380 g/mol. The molecule has 0 saturated carbocycles. The molecule has 170 valence electrons. The smallest absolute Gasteiger partial charge is 0.335 e. The number of esters is 1. The molecule has 5 heteroatoms. The van der Waals surface area contributed by atoms with Crippen molar-refractivity contribution in [3.8, 4) is 0 Å². The second-order valence-corrected chi connectivity index (χ2v) is 7.77. The molecule has 1 N–H and O–H groups in total. The summed E-state index contributed by atoms with van der Waals surface area (Å²) in [5, 5.41) is 11.0. The summed E-state index contributed by atoms with van der Waals surface area (Å²) in [5.41, 5.74) is 1.91. The summed E-state index contributed by atoms with van der Waals surface area (Å²) in [6.07, 6.45) is 9.93. The summed E-state index contributed by atoms with van der Waals surface area (Å²) in [5.74, 6) is -2.52. The van der Waals surface area contributed by atoms with Crippen molar-refractivity contribution in [2.75, 3.05) is 26.4 Å². The van der Waals surface area contributed by atoms with Gasteiger partial charge in [0, 0.05) is 17.7 Å². The predicted octanol–water partition coefficient (Wildman–Crippen LogP) is 5.30. The molecule has 0 fully saturated rings. The summed E-state index contributed by atoms with van der Waals surface area (Å²) in [7, 11) is 0. The zero-order chi connectivity index (χ0) is 22.2. The van der Waals surface area contributed by atoms with E-state index in [0.717, 1.165) is 12.8 Å². The average Bonchev–Trinajstić information content (AvgIpc) is 2.73. The first-order chi connectivity index (χ1) is 14.4. The number of hydrogen-bond acceptors (Lipinski definition) is 5. The highest BCUT2D eigenvalue weighted by molar-refractivity contribution is 5.87. The first-order valence-electron chi connectivity index (χ1n) is 11.3. The minimum Gasteiger partial charge on any atom is -0.423 e. The number of rotatable bonds is 17. The van der Waals surface area contributed by atoms with Crippen molar-refractivity contribution < 1.29 is 24.1 Å². The maximum absolute atomic E-state index is 12.0. The van der Waals surface area contributed by atoms with Crippen molar-refractivity contribution in [3.63, 3.8) is 0 Å². The van der Waals surface area contributed by atoms with Crippen molar-refractivity contribution in [1.82, 2.24) is 0 Å². The molecule has 0 amide bonds. The van der Waals surface area contributed by atoms with E-state index in [1.54, 1.807) is 19.1 Å². The first-order valence-corrected chi connectivity index (χ1v) is 11.3. The quantitative estimate of drug-likeness (QED) is 0.160. The van der Waals surface area contributed by atoms with Gasteiger partial charge < -0.3 is 19.3 Å². The van der Waals surface area contributed by atoms with Crippen LogP contribution >= 0.6 is 0 Å². The van der Waals surface area contributed by atoms with E-state index in [1.807, 2.05) is 19.1 Å². The molecule has 1 unspecified atom stereocenters. The van der Waals surface area contributed by atoms with Crippen LogP contribution in [0.15, 0.2) is 36.4 Å². The lowest BCUT2D eigenvalue weighted by atomic mass is 10.0. The Morgan fingerprint density at radius 1 is 0.967 bits per heavy atom. The van der Waals surface area contributed by atoms with E-state index in [4.69, 9.17) is 14.2 Å². The highest BCUT2D eigenvalue weighted by Gasteiger charge is 2.34. The number of carbonyl (C=O) groups excluding carboxylic acids is 1. The van der Waals surface area contributed by atoms with E-state index in [2.05, 4.69) is 13.5 Å². The maximum atomic E-state index is 12.0. The van der Waals surface area contributed by atoms with Gasteiger partial charge in [0.1, 0.15) is 6.61 Å². The molecule has 1 rings (SSSR count). The van der Waals surface area contributed by atoms with Crippen LogP contribution in [-0.4, -0.2) is 37.5 Å². The highest BCUT2D eigenvalue weighted by atomic mass is 16.7. The summed E-state index contributed by atoms with van der Waals surface area (Å²) < 4.78 is 16.1. The molecule has 0 aliphatic heterocycles. The van der Waals surface area contributed by atoms with E-state index >= 15 is 0 Å². The van der Waals surface area contributed by atoms with Crippen molar-refractivity contribution in [2.24, 2.45) is 0 Å². The lowest BCUT2D eigenvalue weighted by molar-refractivity contribution is -0.233. The van der Waals surface area contributed by atoms with Crippen LogP contribution in [0.4, 0.5) is 0 Å². The Labute approximate surface area is 182 Å². The van der Waals surface area contributed by atoms with Gasteiger partial charge in [-0.2, -0.15) is 0 Å². The van der Waals surface area contributed by atoms with E-state index in [9.17, 15) is 9.90 Å². The third-order valence-electron chi connectivity index (χ3n) is 4.96. The fourth-order valence-corrected chi connectivity index (χ4v) is 3.10. The first kappa shape index (κ1) is 26.3. The Bertz CT molecular complexity index is 610. The van der Waals surface area contributed by atoms with Gasteiger partial charge in [-0.25, -0.2) is 4.79 Å². The number of benzene rings is 1. The Balaban J connectivity index is 2.63. The number of aliphatic hydroxyl groups is 1. The van der Waals surface area contributed by atoms with Crippen LogP contribution in [0.5, 0.6) is 0 Å².